The summed E-state index contributed by atoms with van der Waals surface area (Å²) >= 11 is 1.97. The van der Waals surface area contributed by atoms with Crippen LogP contribution in [0.5, 0.6) is 5.75 Å². The molecule has 13 heavy (non-hydrogen) atoms. The lowest BCUT2D eigenvalue weighted by molar-refractivity contribution is 0.230. The first-order chi connectivity index (χ1) is 6.00. The molecule has 0 aliphatic carbocycles. The van der Waals surface area contributed by atoms with E-state index in [-0.39, 0.29) is 11.9 Å². The lowest BCUT2D eigenvalue weighted by atomic mass is 10.2. The molecule has 0 saturated carbocycles. The van der Waals surface area contributed by atoms with E-state index in [1.807, 2.05) is 43.4 Å². The highest BCUT2D eigenvalue weighted by atomic mass is 127. The van der Waals surface area contributed by atoms with Crippen molar-refractivity contribution in [3.63, 3.8) is 0 Å². The molecule has 0 amide bonds. The van der Waals surface area contributed by atoms with Crippen molar-refractivity contribution in [1.82, 2.24) is 0 Å². The van der Waals surface area contributed by atoms with Crippen LogP contribution in [0.4, 0.5) is 4.39 Å². The van der Waals surface area contributed by atoms with Crippen LogP contribution >= 0.6 is 22.6 Å². The fourth-order valence-electron chi connectivity index (χ4n) is 1.03. The van der Waals surface area contributed by atoms with Crippen LogP contribution in [0.3, 0.4) is 0 Å². The Morgan fingerprint density at radius 3 is 2.54 bits per heavy atom. The van der Waals surface area contributed by atoms with Gasteiger partial charge in [-0.15, -0.1) is 0 Å². The van der Waals surface area contributed by atoms with Crippen molar-refractivity contribution in [1.29, 1.82) is 0 Å². The van der Waals surface area contributed by atoms with Gasteiger partial charge in [-0.1, -0.05) is 0 Å². The molecular weight excluding hydrogens is 282 g/mol. The highest BCUT2D eigenvalue weighted by Gasteiger charge is 2.09. The molecule has 1 aromatic rings. The molecule has 0 N–H and O–H groups in total. The summed E-state index contributed by atoms with van der Waals surface area (Å²) in [5.41, 5.74) is 1.02. The Balaban J connectivity index is 3.05. The minimum Gasteiger partial charge on any atom is -0.488 e. The first kappa shape index (κ1) is 10.8. The number of aryl methyl sites for hydroxylation is 1. The Labute approximate surface area is 91.4 Å². The van der Waals surface area contributed by atoms with E-state index in [1.54, 1.807) is 12.1 Å². The zero-order chi connectivity index (χ0) is 10.0. The maximum absolute atomic E-state index is 13.4. The molecule has 0 heterocycles. The highest BCUT2D eigenvalue weighted by Crippen LogP contribution is 2.24. The molecule has 0 atom stereocenters. The van der Waals surface area contributed by atoms with Crippen LogP contribution in [0.25, 0.3) is 0 Å². The molecule has 0 saturated heterocycles. The lowest BCUT2D eigenvalue weighted by Crippen LogP contribution is -2.07. The SMILES string of the molecule is Cc1cc(I)c(F)c(OC(C)C)c1. The predicted octanol–water partition coefficient (Wildman–Crippen LogP) is 3.53. The number of benzene rings is 1. The molecule has 0 aromatic heterocycles. The van der Waals surface area contributed by atoms with Gasteiger partial charge in [0.2, 0.25) is 0 Å². The summed E-state index contributed by atoms with van der Waals surface area (Å²) in [7, 11) is 0. The Bertz CT molecular complexity index is 310. The first-order valence-electron chi connectivity index (χ1n) is 4.13. The highest BCUT2D eigenvalue weighted by molar-refractivity contribution is 14.1. The minimum atomic E-state index is -0.264. The van der Waals surface area contributed by atoms with Gasteiger partial charge in [0.05, 0.1) is 9.67 Å². The van der Waals surface area contributed by atoms with E-state index < -0.39 is 0 Å². The minimum absolute atomic E-state index is 0.00657. The van der Waals surface area contributed by atoms with Crippen LogP contribution in [-0.4, -0.2) is 6.10 Å². The third-order valence-corrected chi connectivity index (χ3v) is 2.29. The molecule has 72 valence electrons. The standard InChI is InChI=1S/C10H12FIO/c1-6(2)13-9-5-7(3)4-8(12)10(9)11/h4-6H,1-3H3. The third kappa shape index (κ3) is 2.83. The molecule has 1 aromatic carbocycles. The van der Waals surface area contributed by atoms with Crippen molar-refractivity contribution >= 4 is 22.6 Å². The van der Waals surface area contributed by atoms with Crippen LogP contribution < -0.4 is 4.74 Å². The van der Waals surface area contributed by atoms with E-state index in [0.717, 1.165) is 5.56 Å². The number of halogens is 2. The van der Waals surface area contributed by atoms with Crippen LogP contribution in [0.15, 0.2) is 12.1 Å². The predicted molar refractivity (Wildman–Crippen MR) is 59.6 cm³/mol. The maximum atomic E-state index is 13.4. The summed E-state index contributed by atoms with van der Waals surface area (Å²) in [6, 6.07) is 3.51. The Hall–Kier alpha value is -0.320. The van der Waals surface area contributed by atoms with Crippen LogP contribution in [0.1, 0.15) is 19.4 Å². The van der Waals surface area contributed by atoms with E-state index in [2.05, 4.69) is 0 Å². The summed E-state index contributed by atoms with van der Waals surface area (Å²) < 4.78 is 19.3. The maximum Gasteiger partial charge on any atom is 0.178 e. The molecule has 1 nitrogen and oxygen atoms in total. The largest absolute Gasteiger partial charge is 0.488 e. The molecule has 0 radical (unpaired) electrons. The summed E-state index contributed by atoms with van der Waals surface area (Å²) in [4.78, 5) is 0. The second kappa shape index (κ2) is 4.26. The van der Waals surface area contributed by atoms with Gasteiger partial charge in [-0.2, -0.15) is 0 Å². The van der Waals surface area contributed by atoms with Gasteiger partial charge in [-0.25, -0.2) is 4.39 Å². The van der Waals surface area contributed by atoms with Gasteiger partial charge in [-0.05, 0) is 61.1 Å². The van der Waals surface area contributed by atoms with Gasteiger partial charge in [0.15, 0.2) is 11.6 Å². The molecule has 0 bridgehead atoms. The molecule has 0 fully saturated rings. The van der Waals surface area contributed by atoms with Crippen molar-refractivity contribution < 1.29 is 9.13 Å². The molecule has 1 rings (SSSR count). The smallest absolute Gasteiger partial charge is 0.178 e. The Morgan fingerprint density at radius 2 is 2.00 bits per heavy atom. The van der Waals surface area contributed by atoms with Crippen LogP contribution in [0, 0.1) is 16.3 Å². The number of rotatable bonds is 2. The van der Waals surface area contributed by atoms with Gasteiger partial charge in [0.1, 0.15) is 0 Å². The van der Waals surface area contributed by atoms with E-state index in [0.29, 0.717) is 9.32 Å². The Kier molecular flexibility index (Phi) is 3.53. The molecule has 0 unspecified atom stereocenters. The van der Waals surface area contributed by atoms with Crippen molar-refractivity contribution in [2.75, 3.05) is 0 Å². The van der Waals surface area contributed by atoms with Gasteiger partial charge >= 0.3 is 0 Å². The fraction of sp³-hybridized carbons (Fsp3) is 0.400. The number of hydrogen-bond acceptors (Lipinski definition) is 1. The van der Waals surface area contributed by atoms with E-state index in [1.165, 1.54) is 0 Å². The third-order valence-electron chi connectivity index (χ3n) is 1.50. The second-order valence-corrected chi connectivity index (χ2v) is 4.39. The van der Waals surface area contributed by atoms with E-state index in [9.17, 15) is 4.39 Å². The first-order valence-corrected chi connectivity index (χ1v) is 5.21. The molecule has 0 spiro atoms. The van der Waals surface area contributed by atoms with Crippen molar-refractivity contribution in [2.24, 2.45) is 0 Å². The Morgan fingerprint density at radius 1 is 1.38 bits per heavy atom. The molecular formula is C10H12FIO. The fourth-order valence-corrected chi connectivity index (χ4v) is 1.79. The summed E-state index contributed by atoms with van der Waals surface area (Å²) in [5.74, 6) is 0.0827. The van der Waals surface area contributed by atoms with Gasteiger partial charge < -0.3 is 4.74 Å². The lowest BCUT2D eigenvalue weighted by Gasteiger charge is -2.11. The van der Waals surface area contributed by atoms with Gasteiger partial charge in [0.25, 0.3) is 0 Å². The molecule has 0 aliphatic heterocycles. The number of hydrogen-bond donors (Lipinski definition) is 0. The quantitative estimate of drug-likeness (QED) is 0.758. The van der Waals surface area contributed by atoms with Crippen LogP contribution in [0.2, 0.25) is 0 Å². The molecule has 0 aliphatic rings. The zero-order valence-electron chi connectivity index (χ0n) is 7.90. The average Bonchev–Trinajstić information content (AvgIpc) is 1.98. The summed E-state index contributed by atoms with van der Waals surface area (Å²) in [6.45, 7) is 5.69. The second-order valence-electron chi connectivity index (χ2n) is 3.23. The van der Waals surface area contributed by atoms with E-state index in [4.69, 9.17) is 4.74 Å². The van der Waals surface area contributed by atoms with Crippen molar-refractivity contribution in [2.45, 2.75) is 26.9 Å². The normalized spacial score (nSPS) is 10.6. The molecule has 3 heteroatoms. The van der Waals surface area contributed by atoms with Crippen molar-refractivity contribution in [3.05, 3.63) is 27.1 Å². The van der Waals surface area contributed by atoms with Gasteiger partial charge in [0, 0.05) is 0 Å². The summed E-state index contributed by atoms with van der Waals surface area (Å²) in [5, 5.41) is 0. The van der Waals surface area contributed by atoms with E-state index >= 15 is 0 Å². The van der Waals surface area contributed by atoms with Crippen molar-refractivity contribution in [3.8, 4) is 5.75 Å². The van der Waals surface area contributed by atoms with Crippen LogP contribution in [-0.2, 0) is 0 Å². The average molecular weight is 294 g/mol. The van der Waals surface area contributed by atoms with Gasteiger partial charge in [-0.3, -0.25) is 0 Å². The topological polar surface area (TPSA) is 9.23 Å². The summed E-state index contributed by atoms with van der Waals surface area (Å²) in [6.07, 6.45) is 0.00657. The number of ether oxygens (including phenoxy) is 1. The zero-order valence-corrected chi connectivity index (χ0v) is 10.1. The monoisotopic (exact) mass is 294 g/mol.